The van der Waals surface area contributed by atoms with E-state index in [-0.39, 0.29) is 36.3 Å². The number of esters is 1. The first-order valence-electron chi connectivity index (χ1n) is 6.43. The Morgan fingerprint density at radius 3 is 2.53 bits per heavy atom. The zero-order valence-corrected chi connectivity index (χ0v) is 11.8. The fourth-order valence-electron chi connectivity index (χ4n) is 1.88. The number of carbonyl (C=O) groups is 1. The van der Waals surface area contributed by atoms with Crippen LogP contribution in [0.4, 0.5) is 4.39 Å². The number of halogens is 1. The maximum Gasteiger partial charge on any atom is 0.310 e. The van der Waals surface area contributed by atoms with Gasteiger partial charge in [0.1, 0.15) is 12.4 Å². The quantitative estimate of drug-likeness (QED) is 0.835. The lowest BCUT2D eigenvalue weighted by atomic mass is 9.85. The van der Waals surface area contributed by atoms with Crippen LogP contribution in [0.5, 0.6) is 0 Å². The summed E-state index contributed by atoms with van der Waals surface area (Å²) < 4.78 is 18.5. The Balaban J connectivity index is 2.57. The number of hydrogen-bond acceptors (Lipinski definition) is 3. The molecule has 3 nitrogen and oxygen atoms in total. The summed E-state index contributed by atoms with van der Waals surface area (Å²) in [5.74, 6) is -1.07. The molecule has 0 spiro atoms. The summed E-state index contributed by atoms with van der Waals surface area (Å²) in [5, 5.41) is 0. The molecule has 0 radical (unpaired) electrons. The molecule has 2 N–H and O–H groups in total. The van der Waals surface area contributed by atoms with Gasteiger partial charge in [-0.15, -0.1) is 0 Å². The van der Waals surface area contributed by atoms with Gasteiger partial charge in [0.05, 0.1) is 5.92 Å². The van der Waals surface area contributed by atoms with Crippen LogP contribution in [-0.4, -0.2) is 12.5 Å². The summed E-state index contributed by atoms with van der Waals surface area (Å²) >= 11 is 0. The molecular weight excluding hydrogens is 245 g/mol. The molecule has 0 saturated carbocycles. The number of benzene rings is 1. The SMILES string of the molecule is CC(C)(C)CC(CN)C(=O)OCc1ccccc1F. The summed E-state index contributed by atoms with van der Waals surface area (Å²) in [6.45, 7) is 6.32. The van der Waals surface area contributed by atoms with Crippen LogP contribution < -0.4 is 5.73 Å². The highest BCUT2D eigenvalue weighted by atomic mass is 19.1. The van der Waals surface area contributed by atoms with Gasteiger partial charge < -0.3 is 10.5 Å². The molecule has 106 valence electrons. The first-order chi connectivity index (χ1) is 8.83. The highest BCUT2D eigenvalue weighted by Gasteiger charge is 2.25. The van der Waals surface area contributed by atoms with Gasteiger partial charge in [-0.25, -0.2) is 4.39 Å². The molecule has 4 heteroatoms. The van der Waals surface area contributed by atoms with Crippen LogP contribution in [0.1, 0.15) is 32.8 Å². The lowest BCUT2D eigenvalue weighted by molar-refractivity contribution is -0.150. The largest absolute Gasteiger partial charge is 0.460 e. The molecule has 0 saturated heterocycles. The minimum Gasteiger partial charge on any atom is -0.460 e. The molecule has 0 fully saturated rings. The van der Waals surface area contributed by atoms with E-state index in [2.05, 4.69) is 0 Å². The van der Waals surface area contributed by atoms with Crippen molar-refractivity contribution in [3.63, 3.8) is 0 Å². The zero-order chi connectivity index (χ0) is 14.5. The lowest BCUT2D eigenvalue weighted by Gasteiger charge is -2.23. The Morgan fingerprint density at radius 2 is 2.00 bits per heavy atom. The summed E-state index contributed by atoms with van der Waals surface area (Å²) in [4.78, 5) is 11.9. The van der Waals surface area contributed by atoms with Crippen molar-refractivity contribution in [1.29, 1.82) is 0 Å². The predicted molar refractivity (Wildman–Crippen MR) is 72.8 cm³/mol. The summed E-state index contributed by atoms with van der Waals surface area (Å²) in [6, 6.07) is 6.26. The Morgan fingerprint density at radius 1 is 1.37 bits per heavy atom. The molecule has 1 atom stereocenters. The minimum absolute atomic E-state index is 0.00105. The van der Waals surface area contributed by atoms with E-state index in [1.807, 2.05) is 20.8 Å². The van der Waals surface area contributed by atoms with Crippen molar-refractivity contribution in [1.82, 2.24) is 0 Å². The third-order valence-electron chi connectivity index (χ3n) is 2.80. The van der Waals surface area contributed by atoms with Crippen LogP contribution in [0, 0.1) is 17.2 Å². The molecule has 0 amide bonds. The smallest absolute Gasteiger partial charge is 0.310 e. The number of rotatable bonds is 5. The molecule has 0 heterocycles. The van der Waals surface area contributed by atoms with Gasteiger partial charge in [-0.2, -0.15) is 0 Å². The van der Waals surface area contributed by atoms with Crippen LogP contribution >= 0.6 is 0 Å². The van der Waals surface area contributed by atoms with E-state index in [0.717, 1.165) is 0 Å². The van der Waals surface area contributed by atoms with Gasteiger partial charge in [0, 0.05) is 12.1 Å². The standard InChI is InChI=1S/C15H22FNO2/c1-15(2,3)8-12(9-17)14(18)19-10-11-6-4-5-7-13(11)16/h4-7,12H,8-10,17H2,1-3H3. The number of nitrogens with two attached hydrogens (primary N) is 1. The number of hydrogen-bond donors (Lipinski definition) is 1. The summed E-state index contributed by atoms with van der Waals surface area (Å²) in [7, 11) is 0. The average Bonchev–Trinajstić information content (AvgIpc) is 2.33. The van der Waals surface area contributed by atoms with E-state index in [1.54, 1.807) is 18.2 Å². The third-order valence-corrected chi connectivity index (χ3v) is 2.80. The van der Waals surface area contributed by atoms with Gasteiger partial charge in [-0.1, -0.05) is 39.0 Å². The molecule has 0 bridgehead atoms. The zero-order valence-electron chi connectivity index (χ0n) is 11.8. The Kier molecular flexibility index (Phi) is 5.48. The minimum atomic E-state index is -0.365. The molecular formula is C15H22FNO2. The van der Waals surface area contributed by atoms with E-state index >= 15 is 0 Å². The summed E-state index contributed by atoms with van der Waals surface area (Å²) in [5.41, 5.74) is 5.98. The Labute approximate surface area is 113 Å². The molecule has 0 aliphatic rings. The van der Waals surface area contributed by atoms with Crippen LogP contribution in [0.3, 0.4) is 0 Å². The first-order valence-corrected chi connectivity index (χ1v) is 6.43. The van der Waals surface area contributed by atoms with E-state index in [4.69, 9.17) is 10.5 Å². The van der Waals surface area contributed by atoms with Crippen LogP contribution in [0.2, 0.25) is 0 Å². The first kappa shape index (κ1) is 15.6. The second-order valence-electron chi connectivity index (χ2n) is 5.90. The maximum absolute atomic E-state index is 13.4. The van der Waals surface area contributed by atoms with Crippen LogP contribution in [0.15, 0.2) is 24.3 Å². The molecule has 0 aliphatic carbocycles. The monoisotopic (exact) mass is 267 g/mol. The fourth-order valence-corrected chi connectivity index (χ4v) is 1.88. The Bertz CT molecular complexity index is 426. The normalized spacial score (nSPS) is 13.1. The number of carbonyl (C=O) groups excluding carboxylic acids is 1. The topological polar surface area (TPSA) is 52.3 Å². The van der Waals surface area contributed by atoms with Gasteiger partial charge in [0.15, 0.2) is 0 Å². The van der Waals surface area contributed by atoms with Gasteiger partial charge in [0.2, 0.25) is 0 Å². The number of ether oxygens (including phenoxy) is 1. The summed E-state index contributed by atoms with van der Waals surface area (Å²) in [6.07, 6.45) is 0.652. The van der Waals surface area contributed by atoms with Gasteiger partial charge >= 0.3 is 5.97 Å². The van der Waals surface area contributed by atoms with E-state index in [0.29, 0.717) is 12.0 Å². The van der Waals surface area contributed by atoms with E-state index in [1.165, 1.54) is 6.07 Å². The molecule has 1 aromatic carbocycles. The van der Waals surface area contributed by atoms with Crippen molar-refractivity contribution >= 4 is 5.97 Å². The molecule has 0 aliphatic heterocycles. The van der Waals surface area contributed by atoms with Gasteiger partial charge in [0.25, 0.3) is 0 Å². The Hall–Kier alpha value is -1.42. The van der Waals surface area contributed by atoms with Crippen molar-refractivity contribution in [2.24, 2.45) is 17.1 Å². The average molecular weight is 267 g/mol. The van der Waals surface area contributed by atoms with E-state index in [9.17, 15) is 9.18 Å². The lowest BCUT2D eigenvalue weighted by Crippen LogP contribution is -2.29. The molecule has 1 aromatic rings. The van der Waals surface area contributed by atoms with Crippen molar-refractivity contribution in [2.75, 3.05) is 6.54 Å². The van der Waals surface area contributed by atoms with Crippen LogP contribution in [0.25, 0.3) is 0 Å². The molecule has 19 heavy (non-hydrogen) atoms. The van der Waals surface area contributed by atoms with Crippen molar-refractivity contribution in [2.45, 2.75) is 33.8 Å². The third kappa shape index (κ3) is 5.39. The molecule has 1 unspecified atom stereocenters. The van der Waals surface area contributed by atoms with Gasteiger partial charge in [-0.05, 0) is 17.9 Å². The molecule has 0 aromatic heterocycles. The highest BCUT2D eigenvalue weighted by molar-refractivity contribution is 5.72. The van der Waals surface area contributed by atoms with Gasteiger partial charge in [-0.3, -0.25) is 4.79 Å². The van der Waals surface area contributed by atoms with Crippen LogP contribution in [-0.2, 0) is 16.1 Å². The fraction of sp³-hybridized carbons (Fsp3) is 0.533. The van der Waals surface area contributed by atoms with Crippen molar-refractivity contribution < 1.29 is 13.9 Å². The van der Waals surface area contributed by atoms with E-state index < -0.39 is 0 Å². The maximum atomic E-state index is 13.4. The van der Waals surface area contributed by atoms with Crippen molar-refractivity contribution in [3.05, 3.63) is 35.6 Å². The highest BCUT2D eigenvalue weighted by Crippen LogP contribution is 2.25. The predicted octanol–water partition coefficient (Wildman–Crippen LogP) is 2.88. The second-order valence-corrected chi connectivity index (χ2v) is 5.90. The van der Waals surface area contributed by atoms with Crippen molar-refractivity contribution in [3.8, 4) is 0 Å². The second kappa shape index (κ2) is 6.66. The molecule has 1 rings (SSSR count).